The summed E-state index contributed by atoms with van der Waals surface area (Å²) in [5, 5.41) is 10.3. The molecule has 1 aromatic rings. The van der Waals surface area contributed by atoms with Crippen LogP contribution in [0.5, 0.6) is 11.8 Å². The van der Waals surface area contributed by atoms with Gasteiger partial charge >= 0.3 is 0 Å². The van der Waals surface area contributed by atoms with Crippen molar-refractivity contribution in [2.45, 2.75) is 31.8 Å². The summed E-state index contributed by atoms with van der Waals surface area (Å²) in [4.78, 5) is 8.34. The van der Waals surface area contributed by atoms with Gasteiger partial charge in [0.05, 0.1) is 20.4 Å². The summed E-state index contributed by atoms with van der Waals surface area (Å²) in [6, 6.07) is 0. The topological polar surface area (TPSA) is 64.5 Å². The maximum atomic E-state index is 10.3. The van der Waals surface area contributed by atoms with E-state index in [0.29, 0.717) is 17.5 Å². The first kappa shape index (κ1) is 12.1. The molecule has 0 amide bonds. The lowest BCUT2D eigenvalue weighted by molar-refractivity contribution is 0.103. The Morgan fingerprint density at radius 2 is 2.00 bits per heavy atom. The molecule has 0 spiro atoms. The molecule has 0 saturated heterocycles. The lowest BCUT2D eigenvalue weighted by Crippen LogP contribution is -2.13. The van der Waals surface area contributed by atoms with Gasteiger partial charge in [0.2, 0.25) is 11.8 Å². The summed E-state index contributed by atoms with van der Waals surface area (Å²) in [5.41, 5.74) is 0.514. The van der Waals surface area contributed by atoms with Crippen LogP contribution in [0.15, 0.2) is 6.20 Å². The Balaban J connectivity index is 2.23. The van der Waals surface area contributed by atoms with Crippen LogP contribution in [0.2, 0.25) is 0 Å². The van der Waals surface area contributed by atoms with Gasteiger partial charge in [-0.25, -0.2) is 4.98 Å². The second kappa shape index (κ2) is 5.31. The van der Waals surface area contributed by atoms with Gasteiger partial charge in [-0.05, 0) is 18.8 Å². The molecule has 17 heavy (non-hydrogen) atoms. The molecule has 1 aliphatic rings. The molecule has 1 atom stereocenters. The number of methoxy groups -OCH3 is 2. The number of nitrogens with zero attached hydrogens (tertiary/aromatic N) is 2. The highest BCUT2D eigenvalue weighted by Gasteiger charge is 2.28. The lowest BCUT2D eigenvalue weighted by atomic mass is 9.98. The second-order valence-corrected chi connectivity index (χ2v) is 4.30. The van der Waals surface area contributed by atoms with E-state index in [-0.39, 0.29) is 5.92 Å². The van der Waals surface area contributed by atoms with Crippen molar-refractivity contribution in [1.29, 1.82) is 0 Å². The Morgan fingerprint density at radius 1 is 1.29 bits per heavy atom. The van der Waals surface area contributed by atoms with Gasteiger partial charge in [0.25, 0.3) is 0 Å². The summed E-state index contributed by atoms with van der Waals surface area (Å²) < 4.78 is 10.1. The van der Waals surface area contributed by atoms with Gasteiger partial charge in [-0.1, -0.05) is 12.8 Å². The summed E-state index contributed by atoms with van der Waals surface area (Å²) in [6.07, 6.45) is 5.35. The molecule has 2 rings (SSSR count). The van der Waals surface area contributed by atoms with E-state index in [9.17, 15) is 5.11 Å². The monoisotopic (exact) mass is 238 g/mol. The molecule has 1 unspecified atom stereocenters. The van der Waals surface area contributed by atoms with Gasteiger partial charge in [-0.2, -0.15) is 4.98 Å². The van der Waals surface area contributed by atoms with Crippen LogP contribution in [0.25, 0.3) is 0 Å². The molecule has 0 aliphatic heterocycles. The molecule has 94 valence electrons. The molecule has 1 fully saturated rings. The van der Waals surface area contributed by atoms with Crippen molar-refractivity contribution in [1.82, 2.24) is 9.97 Å². The third-order valence-electron chi connectivity index (χ3n) is 3.27. The van der Waals surface area contributed by atoms with E-state index in [4.69, 9.17) is 9.47 Å². The molecule has 1 heterocycles. The summed E-state index contributed by atoms with van der Waals surface area (Å²) >= 11 is 0. The van der Waals surface area contributed by atoms with Crippen molar-refractivity contribution >= 4 is 0 Å². The average molecular weight is 238 g/mol. The van der Waals surface area contributed by atoms with E-state index >= 15 is 0 Å². The fraction of sp³-hybridized carbons (Fsp3) is 0.667. The van der Waals surface area contributed by atoms with Gasteiger partial charge < -0.3 is 14.6 Å². The largest absolute Gasteiger partial charge is 0.480 e. The van der Waals surface area contributed by atoms with Crippen molar-refractivity contribution in [3.05, 3.63) is 11.9 Å². The molecule has 5 heteroatoms. The van der Waals surface area contributed by atoms with Crippen LogP contribution < -0.4 is 9.47 Å². The summed E-state index contributed by atoms with van der Waals surface area (Å²) in [6.45, 7) is 0. The maximum absolute atomic E-state index is 10.3. The number of aromatic nitrogens is 2. The lowest BCUT2D eigenvalue weighted by Gasteiger charge is -2.18. The van der Waals surface area contributed by atoms with Gasteiger partial charge in [-0.3, -0.25) is 0 Å². The molecule has 5 nitrogen and oxygen atoms in total. The summed E-state index contributed by atoms with van der Waals surface area (Å²) in [5.74, 6) is 1.01. The van der Waals surface area contributed by atoms with E-state index in [1.54, 1.807) is 0 Å². The quantitative estimate of drug-likeness (QED) is 0.865. The van der Waals surface area contributed by atoms with Crippen molar-refractivity contribution in [3.63, 3.8) is 0 Å². The maximum Gasteiger partial charge on any atom is 0.241 e. The Bertz CT molecular complexity index is 378. The van der Waals surface area contributed by atoms with Gasteiger partial charge in [-0.15, -0.1) is 0 Å². The van der Waals surface area contributed by atoms with Crippen molar-refractivity contribution < 1.29 is 14.6 Å². The van der Waals surface area contributed by atoms with Crippen LogP contribution in [0, 0.1) is 5.92 Å². The predicted octanol–water partition coefficient (Wildman–Crippen LogP) is 1.72. The molecule has 0 bridgehead atoms. The van der Waals surface area contributed by atoms with Gasteiger partial charge in [0.15, 0.2) is 0 Å². The second-order valence-electron chi connectivity index (χ2n) is 4.30. The normalized spacial score (nSPS) is 18.1. The Morgan fingerprint density at radius 3 is 2.59 bits per heavy atom. The van der Waals surface area contributed by atoms with Crippen LogP contribution >= 0.6 is 0 Å². The number of rotatable bonds is 4. The zero-order valence-electron chi connectivity index (χ0n) is 10.2. The highest BCUT2D eigenvalue weighted by molar-refractivity contribution is 5.25. The highest BCUT2D eigenvalue weighted by atomic mass is 16.5. The van der Waals surface area contributed by atoms with Gasteiger partial charge in [0, 0.05) is 0 Å². The number of hydrogen-bond donors (Lipinski definition) is 1. The SMILES string of the molecule is COc1cnc(C(O)C2CCCC2)c(OC)n1. The standard InChI is InChI=1S/C12H18N2O3/c1-16-9-7-13-10(12(14-9)17-2)11(15)8-5-3-4-6-8/h7-8,11,15H,3-6H2,1-2H3. The fourth-order valence-electron chi connectivity index (χ4n) is 2.31. The number of aliphatic hydroxyl groups excluding tert-OH is 1. The van der Waals surface area contributed by atoms with Crippen LogP contribution in [0.3, 0.4) is 0 Å². The number of ether oxygens (including phenoxy) is 2. The van der Waals surface area contributed by atoms with E-state index in [2.05, 4.69) is 9.97 Å². The fourth-order valence-corrected chi connectivity index (χ4v) is 2.31. The van der Waals surface area contributed by atoms with Crippen LogP contribution in [0.4, 0.5) is 0 Å². The van der Waals surface area contributed by atoms with Crippen molar-refractivity contribution in [2.24, 2.45) is 5.92 Å². The predicted molar refractivity (Wildman–Crippen MR) is 62.1 cm³/mol. The molecule has 1 aromatic heterocycles. The Kier molecular flexibility index (Phi) is 3.78. The first-order valence-electron chi connectivity index (χ1n) is 5.89. The first-order chi connectivity index (χ1) is 8.26. The van der Waals surface area contributed by atoms with Crippen molar-refractivity contribution in [2.75, 3.05) is 14.2 Å². The molecular weight excluding hydrogens is 220 g/mol. The van der Waals surface area contributed by atoms with E-state index in [1.165, 1.54) is 33.3 Å². The molecule has 1 N–H and O–H groups in total. The van der Waals surface area contributed by atoms with E-state index < -0.39 is 6.10 Å². The number of aliphatic hydroxyl groups is 1. The van der Waals surface area contributed by atoms with Gasteiger partial charge in [0.1, 0.15) is 11.8 Å². The highest BCUT2D eigenvalue weighted by Crippen LogP contribution is 2.37. The molecular formula is C12H18N2O3. The third-order valence-corrected chi connectivity index (χ3v) is 3.27. The van der Waals surface area contributed by atoms with Crippen molar-refractivity contribution in [3.8, 4) is 11.8 Å². The van der Waals surface area contributed by atoms with E-state index in [0.717, 1.165) is 12.8 Å². The zero-order valence-corrected chi connectivity index (χ0v) is 10.2. The van der Waals surface area contributed by atoms with Crippen LogP contribution in [0.1, 0.15) is 37.5 Å². The zero-order chi connectivity index (χ0) is 12.3. The van der Waals surface area contributed by atoms with E-state index in [1.807, 2.05) is 0 Å². The smallest absolute Gasteiger partial charge is 0.241 e. The van der Waals surface area contributed by atoms with Crippen LogP contribution in [-0.4, -0.2) is 29.3 Å². The first-order valence-corrected chi connectivity index (χ1v) is 5.89. The summed E-state index contributed by atoms with van der Waals surface area (Å²) in [7, 11) is 3.05. The molecule has 1 aliphatic carbocycles. The average Bonchev–Trinajstić information content (AvgIpc) is 2.91. The third kappa shape index (κ3) is 2.49. The minimum atomic E-state index is -0.592. The van der Waals surface area contributed by atoms with Crippen LogP contribution in [-0.2, 0) is 0 Å². The molecule has 0 radical (unpaired) electrons. The minimum absolute atomic E-state index is 0.270. The Hall–Kier alpha value is -1.36. The Labute approximate surface area is 101 Å². The molecule has 0 aromatic carbocycles. The number of hydrogen-bond acceptors (Lipinski definition) is 5. The molecule has 1 saturated carbocycles. The minimum Gasteiger partial charge on any atom is -0.480 e.